The van der Waals surface area contributed by atoms with Crippen molar-refractivity contribution in [2.45, 2.75) is 19.3 Å². The lowest BCUT2D eigenvalue weighted by Crippen LogP contribution is -2.16. The molecule has 0 N–H and O–H groups in total. The molecule has 53 heavy (non-hydrogen) atoms. The van der Waals surface area contributed by atoms with Crippen molar-refractivity contribution >= 4 is 38.7 Å². The first-order valence-electron chi connectivity index (χ1n) is 18.4. The smallest absolute Gasteiger partial charge is 0.0528 e. The lowest BCUT2D eigenvalue weighted by molar-refractivity contribution is 0.660. The predicted molar refractivity (Wildman–Crippen MR) is 224 cm³/mol. The zero-order chi connectivity index (χ0) is 35.5. The summed E-state index contributed by atoms with van der Waals surface area (Å²) in [7, 11) is 0. The molecule has 0 unspecified atom stereocenters. The van der Waals surface area contributed by atoms with Gasteiger partial charge in [-0.2, -0.15) is 0 Å². The summed E-state index contributed by atoms with van der Waals surface area (Å²) in [5.74, 6) is 0. The first-order chi connectivity index (χ1) is 26.0. The van der Waals surface area contributed by atoms with Crippen molar-refractivity contribution in [1.82, 2.24) is 4.57 Å². The van der Waals surface area contributed by atoms with Gasteiger partial charge in [0.2, 0.25) is 0 Å². The molecule has 0 saturated heterocycles. The fraction of sp³-hybridized carbons (Fsp3) is 0.0588. The van der Waals surface area contributed by atoms with Crippen molar-refractivity contribution in [3.63, 3.8) is 0 Å². The number of para-hydroxylation sites is 1. The zero-order valence-corrected chi connectivity index (χ0v) is 29.9. The number of hydrogen-bond donors (Lipinski definition) is 0. The Morgan fingerprint density at radius 1 is 0.396 bits per heavy atom. The molecule has 252 valence electrons. The summed E-state index contributed by atoms with van der Waals surface area (Å²) in [6.07, 6.45) is 2.16. The van der Waals surface area contributed by atoms with Crippen molar-refractivity contribution in [2.75, 3.05) is 4.90 Å². The van der Waals surface area contributed by atoms with Gasteiger partial charge in [-0.25, -0.2) is 0 Å². The second kappa shape index (κ2) is 12.3. The molecule has 0 fully saturated rings. The number of hydrogen-bond acceptors (Lipinski definition) is 1. The van der Waals surface area contributed by atoms with E-state index in [-0.39, 0.29) is 5.41 Å². The Morgan fingerprint density at radius 2 is 0.962 bits per heavy atom. The quantitative estimate of drug-likeness (QED) is 0.170. The molecular weight excluding hydrogens is 641 g/mol. The number of rotatable bonds is 6. The molecule has 0 amide bonds. The fourth-order valence-electron chi connectivity index (χ4n) is 8.39. The van der Waals surface area contributed by atoms with Crippen LogP contribution in [-0.2, 0) is 5.41 Å². The maximum atomic E-state index is 2.41. The van der Waals surface area contributed by atoms with Crippen molar-refractivity contribution in [3.05, 3.63) is 205 Å². The monoisotopic (exact) mass is 678 g/mol. The van der Waals surface area contributed by atoms with E-state index in [1.54, 1.807) is 0 Å². The highest BCUT2D eigenvalue weighted by Gasteiger charge is 2.35. The summed E-state index contributed by atoms with van der Waals surface area (Å²) >= 11 is 0. The van der Waals surface area contributed by atoms with E-state index in [0.717, 1.165) is 17.1 Å². The Kier molecular flexibility index (Phi) is 7.19. The topological polar surface area (TPSA) is 8.17 Å². The van der Waals surface area contributed by atoms with Crippen molar-refractivity contribution in [3.8, 4) is 39.1 Å². The first-order valence-corrected chi connectivity index (χ1v) is 18.4. The second-order valence-corrected chi connectivity index (χ2v) is 14.7. The van der Waals surface area contributed by atoms with E-state index < -0.39 is 0 Å². The van der Waals surface area contributed by atoms with Crippen LogP contribution >= 0.6 is 0 Å². The molecule has 9 aromatic rings. The molecule has 1 heterocycles. The van der Waals surface area contributed by atoms with Gasteiger partial charge >= 0.3 is 0 Å². The third-order valence-electron chi connectivity index (χ3n) is 11.2. The van der Waals surface area contributed by atoms with E-state index in [4.69, 9.17) is 0 Å². The van der Waals surface area contributed by atoms with Crippen LogP contribution in [0.4, 0.5) is 17.1 Å². The van der Waals surface area contributed by atoms with Crippen molar-refractivity contribution in [1.29, 1.82) is 0 Å². The zero-order valence-electron chi connectivity index (χ0n) is 29.9. The lowest BCUT2D eigenvalue weighted by Gasteiger charge is -2.28. The van der Waals surface area contributed by atoms with Gasteiger partial charge in [-0.05, 0) is 128 Å². The van der Waals surface area contributed by atoms with Gasteiger partial charge in [-0.1, -0.05) is 129 Å². The van der Waals surface area contributed by atoms with E-state index in [0.29, 0.717) is 0 Å². The van der Waals surface area contributed by atoms with Crippen LogP contribution < -0.4 is 4.90 Å². The molecule has 0 bridgehead atoms. The summed E-state index contributed by atoms with van der Waals surface area (Å²) in [5, 5.41) is 3.74. The first kappa shape index (κ1) is 31.1. The lowest BCUT2D eigenvalue weighted by atomic mass is 9.82. The van der Waals surface area contributed by atoms with Gasteiger partial charge in [0.25, 0.3) is 0 Å². The molecule has 1 aliphatic rings. The van der Waals surface area contributed by atoms with Gasteiger partial charge in [0.1, 0.15) is 0 Å². The second-order valence-electron chi connectivity index (χ2n) is 14.7. The average molecular weight is 679 g/mol. The molecule has 0 atom stereocenters. The molecular formula is C51H38N2. The van der Waals surface area contributed by atoms with Crippen LogP contribution in [0.15, 0.2) is 194 Å². The summed E-state index contributed by atoms with van der Waals surface area (Å²) < 4.78 is 2.25. The number of fused-ring (bicyclic) bond motifs is 5. The average Bonchev–Trinajstić information content (AvgIpc) is 3.74. The normalized spacial score (nSPS) is 12.9. The van der Waals surface area contributed by atoms with Crippen LogP contribution in [0.1, 0.15) is 25.0 Å². The minimum atomic E-state index is -0.0878. The summed E-state index contributed by atoms with van der Waals surface area (Å²) in [6, 6.07) is 68.7. The Hall–Kier alpha value is -6.64. The van der Waals surface area contributed by atoms with E-state index in [2.05, 4.69) is 218 Å². The molecule has 2 heteroatoms. The SMILES string of the molecule is CC1(C)c2ccccc2-c2ccc(N(c3ccc(-c4ccc5ccccc5c4)cc3)c3ccc(-c4ccc5c(ccn5-c5ccccc5)c4)cc3)cc21. The van der Waals surface area contributed by atoms with Crippen LogP contribution in [0.3, 0.4) is 0 Å². The molecule has 0 spiro atoms. The molecule has 8 aromatic carbocycles. The minimum Gasteiger partial charge on any atom is -0.317 e. The molecule has 2 nitrogen and oxygen atoms in total. The van der Waals surface area contributed by atoms with Gasteiger partial charge in [-0.3, -0.25) is 0 Å². The summed E-state index contributed by atoms with van der Waals surface area (Å²) in [6.45, 7) is 4.70. The number of nitrogens with zero attached hydrogens (tertiary/aromatic N) is 2. The van der Waals surface area contributed by atoms with Crippen LogP contribution in [0.5, 0.6) is 0 Å². The van der Waals surface area contributed by atoms with Gasteiger partial charge < -0.3 is 9.47 Å². The molecule has 10 rings (SSSR count). The molecule has 0 aliphatic heterocycles. The number of anilines is 3. The fourth-order valence-corrected chi connectivity index (χ4v) is 8.39. The third kappa shape index (κ3) is 5.26. The van der Waals surface area contributed by atoms with Gasteiger partial charge in [-0.15, -0.1) is 0 Å². The number of benzene rings is 8. The van der Waals surface area contributed by atoms with Crippen LogP contribution in [0.2, 0.25) is 0 Å². The van der Waals surface area contributed by atoms with Gasteiger partial charge in [0, 0.05) is 39.7 Å². The highest BCUT2D eigenvalue weighted by atomic mass is 15.1. The van der Waals surface area contributed by atoms with Crippen LogP contribution in [0.25, 0.3) is 60.7 Å². The Balaban J connectivity index is 1.04. The predicted octanol–water partition coefficient (Wildman–Crippen LogP) is 13.9. The maximum absolute atomic E-state index is 2.41. The molecule has 0 saturated carbocycles. The Labute approximate surface area is 310 Å². The van der Waals surface area contributed by atoms with Gasteiger partial charge in [0.05, 0.1) is 5.52 Å². The van der Waals surface area contributed by atoms with E-state index in [1.165, 1.54) is 71.9 Å². The molecule has 0 radical (unpaired) electrons. The molecule has 1 aliphatic carbocycles. The van der Waals surface area contributed by atoms with E-state index in [9.17, 15) is 0 Å². The minimum absolute atomic E-state index is 0.0878. The standard InChI is InChI=1S/C51H38N2/c1-51(2)48-15-9-8-14-46(48)47-28-27-45(34-49(47)51)53(43-23-18-36(19-24-43)39-17-16-35-10-6-7-11-38(35)32-39)44-25-20-37(21-26-44)40-22-29-50-41(33-40)30-31-52(50)42-12-4-3-5-13-42/h3-34H,1-2H3. The highest BCUT2D eigenvalue weighted by molar-refractivity contribution is 5.90. The summed E-state index contributed by atoms with van der Waals surface area (Å²) in [4.78, 5) is 2.40. The van der Waals surface area contributed by atoms with Crippen LogP contribution in [0, 0.1) is 0 Å². The van der Waals surface area contributed by atoms with Crippen molar-refractivity contribution in [2.24, 2.45) is 0 Å². The number of aromatic nitrogens is 1. The highest BCUT2D eigenvalue weighted by Crippen LogP contribution is 2.50. The molecule has 1 aromatic heterocycles. The Morgan fingerprint density at radius 3 is 1.70 bits per heavy atom. The Bertz CT molecular complexity index is 2790. The van der Waals surface area contributed by atoms with Gasteiger partial charge in [0.15, 0.2) is 0 Å². The maximum Gasteiger partial charge on any atom is 0.0528 e. The largest absolute Gasteiger partial charge is 0.317 e. The summed E-state index contributed by atoms with van der Waals surface area (Å²) in [5.41, 5.74) is 15.9. The third-order valence-corrected chi connectivity index (χ3v) is 11.2. The van der Waals surface area contributed by atoms with E-state index in [1.807, 2.05) is 0 Å². The van der Waals surface area contributed by atoms with Crippen LogP contribution in [-0.4, -0.2) is 4.57 Å². The van der Waals surface area contributed by atoms with Crippen molar-refractivity contribution < 1.29 is 0 Å². The van der Waals surface area contributed by atoms with E-state index >= 15 is 0 Å².